The fourth-order valence-electron chi connectivity index (χ4n) is 2.05. The Kier molecular flexibility index (Phi) is 4.90. The summed E-state index contributed by atoms with van der Waals surface area (Å²) in [6.45, 7) is 1.64. The molecular formula is C16H15FN2O4. The van der Waals surface area contributed by atoms with E-state index in [0.717, 1.165) is 6.07 Å². The number of nitro groups is 1. The van der Waals surface area contributed by atoms with Gasteiger partial charge < -0.3 is 10.1 Å². The van der Waals surface area contributed by atoms with E-state index in [4.69, 9.17) is 4.74 Å². The monoisotopic (exact) mass is 318 g/mol. The first-order valence-corrected chi connectivity index (χ1v) is 6.85. The summed E-state index contributed by atoms with van der Waals surface area (Å²) in [6.07, 6.45) is -0.605. The molecule has 0 saturated heterocycles. The van der Waals surface area contributed by atoms with Gasteiger partial charge in [0.2, 0.25) is 0 Å². The molecule has 0 fully saturated rings. The van der Waals surface area contributed by atoms with Crippen LogP contribution in [0.25, 0.3) is 0 Å². The van der Waals surface area contributed by atoms with Crippen molar-refractivity contribution in [1.29, 1.82) is 0 Å². The Bertz CT molecular complexity index is 731. The zero-order chi connectivity index (χ0) is 17.0. The Hall–Kier alpha value is -2.96. The second-order valence-corrected chi connectivity index (χ2v) is 4.84. The summed E-state index contributed by atoms with van der Waals surface area (Å²) < 4.78 is 18.2. The minimum Gasteiger partial charge on any atom is -0.454 e. The molecule has 2 rings (SSSR count). The second kappa shape index (κ2) is 6.87. The molecule has 0 aliphatic heterocycles. The fourth-order valence-corrected chi connectivity index (χ4v) is 2.05. The molecule has 1 atom stereocenters. The van der Waals surface area contributed by atoms with Crippen molar-refractivity contribution in [2.45, 2.75) is 13.0 Å². The molecule has 120 valence electrons. The zero-order valence-electron chi connectivity index (χ0n) is 12.6. The van der Waals surface area contributed by atoms with Crippen LogP contribution in [0.4, 0.5) is 15.8 Å². The van der Waals surface area contributed by atoms with Crippen molar-refractivity contribution in [3.8, 4) is 0 Å². The largest absolute Gasteiger partial charge is 0.454 e. The van der Waals surface area contributed by atoms with Crippen LogP contribution in [0, 0.1) is 15.9 Å². The van der Waals surface area contributed by atoms with Gasteiger partial charge in [-0.3, -0.25) is 10.1 Å². The number of nitrogens with one attached hydrogen (secondary N) is 1. The number of benzene rings is 2. The van der Waals surface area contributed by atoms with Gasteiger partial charge in [0, 0.05) is 13.1 Å². The van der Waals surface area contributed by atoms with Crippen LogP contribution in [0.1, 0.15) is 28.9 Å². The van der Waals surface area contributed by atoms with E-state index in [2.05, 4.69) is 5.32 Å². The lowest BCUT2D eigenvalue weighted by molar-refractivity contribution is -0.384. The van der Waals surface area contributed by atoms with Crippen molar-refractivity contribution in [1.82, 2.24) is 0 Å². The number of nitrogens with zero attached hydrogens (tertiary/aromatic N) is 1. The molecule has 6 nitrogen and oxygen atoms in total. The summed E-state index contributed by atoms with van der Waals surface area (Å²) in [5.74, 6) is -1.07. The number of nitro benzene ring substituents is 1. The lowest BCUT2D eigenvalue weighted by Crippen LogP contribution is -2.10. The third kappa shape index (κ3) is 3.82. The minimum atomic E-state index is -0.687. The second-order valence-electron chi connectivity index (χ2n) is 4.84. The molecule has 0 radical (unpaired) electrons. The van der Waals surface area contributed by atoms with Gasteiger partial charge in [-0.1, -0.05) is 12.1 Å². The van der Waals surface area contributed by atoms with Gasteiger partial charge in [-0.2, -0.15) is 0 Å². The smallest absolute Gasteiger partial charge is 0.338 e. The molecule has 1 N–H and O–H groups in total. The van der Waals surface area contributed by atoms with Crippen LogP contribution < -0.4 is 5.32 Å². The van der Waals surface area contributed by atoms with E-state index in [1.54, 1.807) is 14.0 Å². The highest BCUT2D eigenvalue weighted by Crippen LogP contribution is 2.26. The average Bonchev–Trinajstić information content (AvgIpc) is 2.54. The summed E-state index contributed by atoms with van der Waals surface area (Å²) >= 11 is 0. The Morgan fingerprint density at radius 3 is 2.48 bits per heavy atom. The number of anilines is 1. The Morgan fingerprint density at radius 2 is 1.91 bits per heavy atom. The third-order valence-electron chi connectivity index (χ3n) is 3.32. The van der Waals surface area contributed by atoms with E-state index >= 15 is 0 Å². The SMILES string of the molecule is CNc1ccc(C(=O)O[C@H](C)c2ccc(F)cc2)cc1[N+](=O)[O-]. The quantitative estimate of drug-likeness (QED) is 0.516. The van der Waals surface area contributed by atoms with Crippen molar-refractivity contribution in [2.24, 2.45) is 0 Å². The van der Waals surface area contributed by atoms with Crippen molar-refractivity contribution >= 4 is 17.3 Å². The van der Waals surface area contributed by atoms with Crippen LogP contribution in [0.3, 0.4) is 0 Å². The number of rotatable bonds is 5. The maximum Gasteiger partial charge on any atom is 0.338 e. The zero-order valence-corrected chi connectivity index (χ0v) is 12.6. The number of ether oxygens (including phenoxy) is 1. The van der Waals surface area contributed by atoms with Crippen molar-refractivity contribution < 1.29 is 18.8 Å². The fraction of sp³-hybridized carbons (Fsp3) is 0.188. The van der Waals surface area contributed by atoms with E-state index in [1.165, 1.54) is 36.4 Å². The van der Waals surface area contributed by atoms with Crippen molar-refractivity contribution in [3.05, 3.63) is 69.5 Å². The molecule has 2 aromatic carbocycles. The molecule has 0 spiro atoms. The normalized spacial score (nSPS) is 11.6. The van der Waals surface area contributed by atoms with E-state index < -0.39 is 17.0 Å². The highest BCUT2D eigenvalue weighted by molar-refractivity contribution is 5.91. The van der Waals surface area contributed by atoms with Gasteiger partial charge in [0.25, 0.3) is 5.69 Å². The molecule has 2 aromatic rings. The summed E-state index contributed by atoms with van der Waals surface area (Å²) in [5, 5.41) is 13.7. The molecule has 7 heteroatoms. The van der Waals surface area contributed by atoms with Gasteiger partial charge in [-0.05, 0) is 36.8 Å². The van der Waals surface area contributed by atoms with Crippen LogP contribution in [0.15, 0.2) is 42.5 Å². The third-order valence-corrected chi connectivity index (χ3v) is 3.32. The van der Waals surface area contributed by atoms with Gasteiger partial charge in [0.05, 0.1) is 10.5 Å². The highest BCUT2D eigenvalue weighted by atomic mass is 19.1. The van der Waals surface area contributed by atoms with E-state index in [0.29, 0.717) is 11.3 Å². The van der Waals surface area contributed by atoms with Gasteiger partial charge in [0.15, 0.2) is 0 Å². The van der Waals surface area contributed by atoms with Crippen molar-refractivity contribution in [2.75, 3.05) is 12.4 Å². The van der Waals surface area contributed by atoms with Crippen LogP contribution >= 0.6 is 0 Å². The van der Waals surface area contributed by atoms with E-state index in [1.807, 2.05) is 0 Å². The molecule has 0 amide bonds. The average molecular weight is 318 g/mol. The summed E-state index contributed by atoms with van der Waals surface area (Å²) in [4.78, 5) is 22.6. The number of carbonyl (C=O) groups is 1. The number of hydrogen-bond acceptors (Lipinski definition) is 5. The molecule has 0 aliphatic carbocycles. The summed E-state index contributed by atoms with van der Waals surface area (Å²) in [5.41, 5.74) is 0.792. The summed E-state index contributed by atoms with van der Waals surface area (Å²) in [7, 11) is 1.55. The first-order chi connectivity index (χ1) is 10.9. The Morgan fingerprint density at radius 1 is 1.26 bits per heavy atom. The van der Waals surface area contributed by atoms with Crippen LogP contribution in [-0.4, -0.2) is 17.9 Å². The first kappa shape index (κ1) is 16.4. The lowest BCUT2D eigenvalue weighted by atomic mass is 10.1. The number of carbonyl (C=O) groups excluding carboxylic acids is 1. The van der Waals surface area contributed by atoms with Gasteiger partial charge in [-0.15, -0.1) is 0 Å². The minimum absolute atomic E-state index is 0.0738. The summed E-state index contributed by atoms with van der Waals surface area (Å²) in [6, 6.07) is 9.61. The number of hydrogen-bond donors (Lipinski definition) is 1. The lowest BCUT2D eigenvalue weighted by Gasteiger charge is -2.14. The van der Waals surface area contributed by atoms with Crippen LogP contribution in [0.5, 0.6) is 0 Å². The van der Waals surface area contributed by atoms with Crippen LogP contribution in [0.2, 0.25) is 0 Å². The maximum absolute atomic E-state index is 12.9. The maximum atomic E-state index is 12.9. The molecule has 0 aliphatic rings. The Labute approximate surface area is 132 Å². The molecule has 0 aromatic heterocycles. The molecular weight excluding hydrogens is 303 g/mol. The topological polar surface area (TPSA) is 81.5 Å². The molecule has 0 unspecified atom stereocenters. The number of halogens is 1. The van der Waals surface area contributed by atoms with Gasteiger partial charge in [-0.25, -0.2) is 9.18 Å². The van der Waals surface area contributed by atoms with Gasteiger partial charge in [0.1, 0.15) is 17.6 Å². The van der Waals surface area contributed by atoms with Crippen LogP contribution in [-0.2, 0) is 4.74 Å². The molecule has 23 heavy (non-hydrogen) atoms. The Balaban J connectivity index is 2.18. The predicted molar refractivity (Wildman–Crippen MR) is 82.9 cm³/mol. The highest BCUT2D eigenvalue weighted by Gasteiger charge is 2.19. The molecule has 0 heterocycles. The first-order valence-electron chi connectivity index (χ1n) is 6.85. The van der Waals surface area contributed by atoms with Gasteiger partial charge >= 0.3 is 5.97 Å². The van der Waals surface area contributed by atoms with E-state index in [-0.39, 0.29) is 17.1 Å². The number of esters is 1. The molecule has 0 bridgehead atoms. The standard InChI is InChI=1S/C16H15FN2O4/c1-10(11-3-6-13(17)7-4-11)23-16(20)12-5-8-14(18-2)15(9-12)19(21)22/h3-10,18H,1-2H3/t10-/m1/s1. The van der Waals surface area contributed by atoms with E-state index in [9.17, 15) is 19.3 Å². The molecule has 0 saturated carbocycles. The van der Waals surface area contributed by atoms with Crippen molar-refractivity contribution in [3.63, 3.8) is 0 Å². The predicted octanol–water partition coefficient (Wildman–Crippen LogP) is 3.69.